The van der Waals surface area contributed by atoms with Crippen LogP contribution in [0.25, 0.3) is 70.8 Å². The summed E-state index contributed by atoms with van der Waals surface area (Å²) in [4.78, 5) is 15.7. The van der Waals surface area contributed by atoms with E-state index in [1.54, 1.807) is 23.5 Å². The molecule has 0 atom stereocenters. The Morgan fingerprint density at radius 3 is 2.12 bits per heavy atom. The van der Waals surface area contributed by atoms with Gasteiger partial charge in [0.1, 0.15) is 4.83 Å². The number of aryl methyl sites for hydroxylation is 2. The SMILES string of the molecule is Cc1ccc2c(n1)sc1c(-c3nc4ccccc4n3-c3c(C(C)C)cc(-c4ccccc4)cc3C(C)C)[c-]ccc12.[2H]C([2H])([2H])c1c[c-]c(-c2cc[c]([Ge]([CH3])([CH3])[CH3])cn2)cc1.[Ir]. The van der Waals surface area contributed by atoms with Gasteiger partial charge in [0.05, 0.1) is 16.9 Å². The van der Waals surface area contributed by atoms with Crippen LogP contribution in [0.1, 0.15) is 66.0 Å². The molecule has 0 aliphatic heterocycles. The Kier molecular flexibility index (Phi) is 11.4. The van der Waals surface area contributed by atoms with Gasteiger partial charge in [0.2, 0.25) is 0 Å². The number of benzene rings is 5. The summed E-state index contributed by atoms with van der Waals surface area (Å²) in [5, 5.41) is 2.39. The molecule has 4 aromatic heterocycles. The van der Waals surface area contributed by atoms with Crippen molar-refractivity contribution < 1.29 is 24.2 Å². The minimum absolute atomic E-state index is 0. The van der Waals surface area contributed by atoms with Gasteiger partial charge in [-0.15, -0.1) is 18.2 Å². The Morgan fingerprint density at radius 1 is 0.746 bits per heavy atom. The van der Waals surface area contributed by atoms with Crippen LogP contribution in [0.15, 0.2) is 128 Å². The summed E-state index contributed by atoms with van der Waals surface area (Å²) in [5.74, 6) is 8.54. The maximum Gasteiger partial charge on any atom is 0 e. The predicted molar refractivity (Wildman–Crippen MR) is 251 cm³/mol. The number of hydrogen-bond donors (Lipinski definition) is 0. The first kappa shape index (κ1) is 38.5. The van der Waals surface area contributed by atoms with Gasteiger partial charge in [-0.1, -0.05) is 87.2 Å². The van der Waals surface area contributed by atoms with E-state index in [4.69, 9.17) is 14.1 Å². The average molecular weight is 1030 g/mol. The monoisotopic (exact) mass is 1030 g/mol. The molecule has 0 amide bonds. The molecule has 0 aliphatic rings. The summed E-state index contributed by atoms with van der Waals surface area (Å²) < 4.78 is 27.0. The van der Waals surface area contributed by atoms with E-state index in [-0.39, 0.29) is 20.1 Å². The predicted octanol–water partition coefficient (Wildman–Crippen LogP) is 13.9. The topological polar surface area (TPSA) is 43.6 Å². The van der Waals surface area contributed by atoms with Gasteiger partial charge in [0.15, 0.2) is 0 Å². The fourth-order valence-corrected chi connectivity index (χ4v) is 10.9. The molecule has 9 rings (SSSR count). The third kappa shape index (κ3) is 8.65. The van der Waals surface area contributed by atoms with E-state index in [1.807, 2.05) is 18.3 Å². The maximum absolute atomic E-state index is 7.35. The van der Waals surface area contributed by atoms with Crippen LogP contribution in [-0.4, -0.2) is 32.8 Å². The van der Waals surface area contributed by atoms with Gasteiger partial charge in [-0.3, -0.25) is 4.98 Å². The van der Waals surface area contributed by atoms with E-state index in [1.165, 1.54) is 53.9 Å². The molecule has 5 aromatic carbocycles. The summed E-state index contributed by atoms with van der Waals surface area (Å²) >= 11 is -0.0947. The standard InChI is InChI=1S/C37H32N3S.C15H18GeN.Ir/c1-22(2)30-20-26(25-12-7-6-8-13-25)21-31(23(3)4)34(30)40-33-17-10-9-16-32(33)39-36(40)29-15-11-14-27-28-19-18-24(5)38-37(28)41-35(27)29;1-12-5-7-13(8-6-12)15-10-9-14(11-17-15)16(2,3)4;/h6-14,16-23H,1-5H3;5-7,9-11H,1-4H3;/q2*-1;/i;1D3;. The molecule has 59 heavy (non-hydrogen) atoms. The molecule has 0 N–H and O–H groups in total. The second-order valence-electron chi connectivity index (χ2n) is 16.6. The van der Waals surface area contributed by atoms with Gasteiger partial charge in [-0.2, -0.15) is 11.3 Å². The van der Waals surface area contributed by atoms with Crippen LogP contribution in [-0.2, 0) is 20.1 Å². The molecular formula is C52H50GeIrN4S-2. The molecule has 4 heterocycles. The van der Waals surface area contributed by atoms with E-state index in [0.29, 0.717) is 17.4 Å². The third-order valence-electron chi connectivity index (χ3n) is 10.7. The summed E-state index contributed by atoms with van der Waals surface area (Å²) in [7, 11) is 0. The Morgan fingerprint density at radius 2 is 1.47 bits per heavy atom. The molecule has 9 aromatic rings. The van der Waals surface area contributed by atoms with Crippen LogP contribution in [0.4, 0.5) is 0 Å². The number of nitrogens with zero attached hydrogens (tertiary/aromatic N) is 4. The van der Waals surface area contributed by atoms with Crippen molar-refractivity contribution in [3.8, 4) is 39.5 Å². The zero-order chi connectivity index (χ0) is 43.2. The smallest absolute Gasteiger partial charge is 0 e. The first-order valence-electron chi connectivity index (χ1n) is 21.5. The van der Waals surface area contributed by atoms with Crippen molar-refractivity contribution in [2.45, 2.75) is 70.6 Å². The van der Waals surface area contributed by atoms with E-state index >= 15 is 0 Å². The van der Waals surface area contributed by atoms with Gasteiger partial charge in [0, 0.05) is 31.5 Å². The number of fused-ring (bicyclic) bond motifs is 4. The summed E-state index contributed by atoms with van der Waals surface area (Å²) in [6.07, 6.45) is 1.95. The van der Waals surface area contributed by atoms with Crippen molar-refractivity contribution >= 4 is 60.3 Å². The van der Waals surface area contributed by atoms with Crippen molar-refractivity contribution in [1.82, 2.24) is 19.5 Å². The van der Waals surface area contributed by atoms with Gasteiger partial charge >= 0.3 is 110 Å². The fraction of sp³-hybridized carbons (Fsp3) is 0.212. The Balaban J connectivity index is 0.000000233. The maximum atomic E-state index is 7.35. The van der Waals surface area contributed by atoms with E-state index in [9.17, 15) is 0 Å². The fourth-order valence-electron chi connectivity index (χ4n) is 7.50. The molecule has 0 saturated heterocycles. The molecule has 0 saturated carbocycles. The Bertz CT molecular complexity index is 2920. The average Bonchev–Trinajstić information content (AvgIpc) is 3.81. The van der Waals surface area contributed by atoms with Crippen LogP contribution in [0.3, 0.4) is 0 Å². The van der Waals surface area contributed by atoms with Crippen LogP contribution < -0.4 is 4.40 Å². The second kappa shape index (κ2) is 17.5. The summed E-state index contributed by atoms with van der Waals surface area (Å²) in [6, 6.07) is 48.1. The van der Waals surface area contributed by atoms with E-state index in [2.05, 4.69) is 165 Å². The molecule has 299 valence electrons. The van der Waals surface area contributed by atoms with Gasteiger partial charge < -0.3 is 4.57 Å². The van der Waals surface area contributed by atoms with Crippen molar-refractivity contribution in [2.24, 2.45) is 0 Å². The largest absolute Gasteiger partial charge is 0 e. The molecule has 4 nitrogen and oxygen atoms in total. The number of thiophene rings is 1. The van der Waals surface area contributed by atoms with Gasteiger partial charge in [0.25, 0.3) is 0 Å². The number of aromatic nitrogens is 4. The first-order valence-corrected chi connectivity index (χ1v) is 28.2. The van der Waals surface area contributed by atoms with Crippen molar-refractivity contribution in [2.75, 3.05) is 0 Å². The summed E-state index contributed by atoms with van der Waals surface area (Å²) in [5.41, 5.74) is 12.5. The van der Waals surface area contributed by atoms with Crippen LogP contribution in [0.5, 0.6) is 0 Å². The normalized spacial score (nSPS) is 12.6. The van der Waals surface area contributed by atoms with E-state index in [0.717, 1.165) is 44.2 Å². The minimum Gasteiger partial charge on any atom is 0 e. The Labute approximate surface area is 373 Å². The van der Waals surface area contributed by atoms with Crippen LogP contribution >= 0.6 is 11.3 Å². The van der Waals surface area contributed by atoms with Crippen molar-refractivity contribution in [1.29, 1.82) is 0 Å². The molecule has 0 aliphatic carbocycles. The zero-order valence-corrected chi connectivity index (χ0v) is 40.1. The number of rotatable bonds is 7. The number of hydrogen-bond acceptors (Lipinski definition) is 4. The molecule has 0 unspecified atom stereocenters. The molecular weight excluding hydrogens is 977 g/mol. The number of pyridine rings is 2. The molecule has 0 bridgehead atoms. The molecule has 1 radical (unpaired) electrons. The summed E-state index contributed by atoms with van der Waals surface area (Å²) in [6.45, 7) is 9.15. The van der Waals surface area contributed by atoms with Gasteiger partial charge in [-0.05, 0) is 81.4 Å². The molecule has 0 fully saturated rings. The van der Waals surface area contributed by atoms with Crippen LogP contribution in [0, 0.1) is 25.9 Å². The molecule has 7 heteroatoms. The van der Waals surface area contributed by atoms with Crippen LogP contribution in [0.2, 0.25) is 17.3 Å². The van der Waals surface area contributed by atoms with Crippen molar-refractivity contribution in [3.63, 3.8) is 0 Å². The number of imidazole rings is 1. The number of para-hydroxylation sites is 2. The van der Waals surface area contributed by atoms with E-state index < -0.39 is 20.1 Å². The Hall–Kier alpha value is -4.72. The third-order valence-corrected chi connectivity index (χ3v) is 16.1. The molecule has 0 spiro atoms. The zero-order valence-electron chi connectivity index (χ0n) is 37.8. The van der Waals surface area contributed by atoms with Crippen molar-refractivity contribution in [3.05, 3.63) is 162 Å². The first-order chi connectivity index (χ1) is 29.1. The minimum atomic E-state index is -2.08. The second-order valence-corrected chi connectivity index (χ2v) is 28.3. The quantitative estimate of drug-likeness (QED) is 0.118. The van der Waals surface area contributed by atoms with Gasteiger partial charge in [-0.25, -0.2) is 4.98 Å².